The maximum absolute atomic E-state index is 12.6. The van der Waals surface area contributed by atoms with Crippen LogP contribution < -0.4 is 0 Å². The first-order valence-corrected chi connectivity index (χ1v) is 11.1. The molecule has 1 aromatic heterocycles. The molecule has 1 aliphatic carbocycles. The monoisotopic (exact) mass is 479 g/mol. The quantitative estimate of drug-likeness (QED) is 0.458. The number of hydrogen-bond acceptors (Lipinski definition) is 3. The molecule has 4 rings (SSSR count). The second kappa shape index (κ2) is 10.8. The Hall–Kier alpha value is -3.04. The van der Waals surface area contributed by atoms with E-state index in [0.29, 0.717) is 13.1 Å². The van der Waals surface area contributed by atoms with Crippen molar-refractivity contribution in [1.82, 2.24) is 14.9 Å². The van der Waals surface area contributed by atoms with Crippen LogP contribution in [0.25, 0.3) is 11.3 Å². The predicted molar refractivity (Wildman–Crippen MR) is 126 cm³/mol. The van der Waals surface area contributed by atoms with Crippen LogP contribution in [0.3, 0.4) is 0 Å². The lowest BCUT2D eigenvalue weighted by molar-refractivity contribution is 0.0928. The number of halogens is 1. The van der Waals surface area contributed by atoms with Gasteiger partial charge in [0.05, 0.1) is 12.2 Å². The van der Waals surface area contributed by atoms with Crippen molar-refractivity contribution in [2.75, 3.05) is 6.54 Å². The van der Waals surface area contributed by atoms with Crippen molar-refractivity contribution < 1.29 is 9.53 Å². The average molecular weight is 480 g/mol. The summed E-state index contributed by atoms with van der Waals surface area (Å²) in [6.07, 6.45) is 10.5. The summed E-state index contributed by atoms with van der Waals surface area (Å²) in [5, 5.41) is 0. The summed E-state index contributed by atoms with van der Waals surface area (Å²) in [7, 11) is 0. The van der Waals surface area contributed by atoms with Gasteiger partial charge in [-0.2, -0.15) is 0 Å². The Labute approximate surface area is 192 Å². The first-order chi connectivity index (χ1) is 15.1. The van der Waals surface area contributed by atoms with Gasteiger partial charge in [0, 0.05) is 22.3 Å². The molecule has 3 aromatic rings. The van der Waals surface area contributed by atoms with E-state index in [4.69, 9.17) is 9.72 Å². The second-order valence-electron chi connectivity index (χ2n) is 7.27. The van der Waals surface area contributed by atoms with Crippen LogP contribution in [0.2, 0.25) is 0 Å². The normalized spacial score (nSPS) is 11.5. The lowest BCUT2D eigenvalue weighted by Crippen LogP contribution is -2.32. The molecule has 1 amide bonds. The van der Waals surface area contributed by atoms with Gasteiger partial charge in [0.2, 0.25) is 0 Å². The third-order valence-corrected chi connectivity index (χ3v) is 5.59. The number of imidazole rings is 1. The Kier molecular flexibility index (Phi) is 7.91. The highest BCUT2D eigenvalue weighted by atomic mass is 79.9. The highest BCUT2D eigenvalue weighted by Gasteiger charge is 2.23. The Morgan fingerprint density at radius 1 is 1.19 bits per heavy atom. The largest absolute Gasteiger partial charge is 0.445 e. The number of benzene rings is 2. The summed E-state index contributed by atoms with van der Waals surface area (Å²) in [5.41, 5.74) is 5.60. The zero-order valence-electron chi connectivity index (χ0n) is 17.6. The number of nitrogens with zero attached hydrogens (tertiary/aromatic N) is 2. The highest BCUT2D eigenvalue weighted by Crippen LogP contribution is 2.33. The fraction of sp³-hybridized carbons (Fsp3) is 0.280. The second-order valence-corrected chi connectivity index (χ2v) is 8.19. The van der Waals surface area contributed by atoms with Crippen LogP contribution in [-0.4, -0.2) is 27.5 Å². The molecular weight excluding hydrogens is 454 g/mol. The van der Waals surface area contributed by atoms with E-state index in [1.807, 2.05) is 36.4 Å². The first kappa shape index (κ1) is 22.6. The minimum Gasteiger partial charge on any atom is -0.445 e. The van der Waals surface area contributed by atoms with E-state index >= 15 is 0 Å². The van der Waals surface area contributed by atoms with Gasteiger partial charge in [0.25, 0.3) is 0 Å². The Bertz CT molecular complexity index is 1040. The van der Waals surface area contributed by atoms with Gasteiger partial charge < -0.3 is 14.6 Å². The van der Waals surface area contributed by atoms with E-state index in [9.17, 15) is 4.79 Å². The molecule has 160 valence electrons. The molecule has 1 N–H and O–H groups in total. The fourth-order valence-corrected chi connectivity index (χ4v) is 4.11. The Morgan fingerprint density at radius 3 is 2.71 bits per heavy atom. The van der Waals surface area contributed by atoms with Gasteiger partial charge in [0.1, 0.15) is 12.4 Å². The number of nitrogens with one attached hydrogen (secondary N) is 1. The smallest absolute Gasteiger partial charge is 0.410 e. The van der Waals surface area contributed by atoms with Gasteiger partial charge >= 0.3 is 6.09 Å². The number of carbonyl (C=O) groups excluding carboxylic acids is 1. The molecule has 2 aromatic carbocycles. The van der Waals surface area contributed by atoms with E-state index in [2.05, 4.69) is 52.8 Å². The van der Waals surface area contributed by atoms with Crippen molar-refractivity contribution in [3.05, 3.63) is 75.6 Å². The molecule has 5 nitrogen and oxygen atoms in total. The van der Waals surface area contributed by atoms with Crippen LogP contribution in [-0.2, 0) is 30.7 Å². The topological polar surface area (TPSA) is 58.2 Å². The average Bonchev–Trinajstić information content (AvgIpc) is 3.22. The maximum atomic E-state index is 12.6. The summed E-state index contributed by atoms with van der Waals surface area (Å²) < 4.78 is 6.62. The van der Waals surface area contributed by atoms with Crippen LogP contribution in [0.1, 0.15) is 36.0 Å². The summed E-state index contributed by atoms with van der Waals surface area (Å²) in [6, 6.07) is 16.1. The third kappa shape index (κ3) is 5.56. The van der Waals surface area contributed by atoms with E-state index in [0.717, 1.165) is 46.5 Å². The number of amides is 1. The summed E-state index contributed by atoms with van der Waals surface area (Å²) in [6.45, 7) is 3.37. The van der Waals surface area contributed by atoms with Crippen molar-refractivity contribution >= 4 is 22.0 Å². The van der Waals surface area contributed by atoms with Gasteiger partial charge in [-0.3, -0.25) is 0 Å². The minimum absolute atomic E-state index is 0.275. The maximum Gasteiger partial charge on any atom is 0.410 e. The molecule has 1 heterocycles. The van der Waals surface area contributed by atoms with E-state index < -0.39 is 0 Å². The summed E-state index contributed by atoms with van der Waals surface area (Å²) in [4.78, 5) is 22.6. The van der Waals surface area contributed by atoms with Gasteiger partial charge in [-0.15, -0.1) is 12.8 Å². The molecule has 0 saturated heterocycles. The molecule has 0 fully saturated rings. The van der Waals surface area contributed by atoms with Crippen molar-refractivity contribution in [2.24, 2.45) is 0 Å². The standard InChI is InChI=1S/C23H24BrN3O2.C2H2/c1-2-12-27(23(28)29-15-16-6-4-3-5-7-16)14-21-25-20-11-8-17-13-18(24)9-10-19(17)22(20)26-21;1-2/h3-7,9-10,13H,2,8,11-12,14-15H2,1H3,(H,25,26);1-2H. The number of carbonyl (C=O) groups is 1. The molecule has 0 atom stereocenters. The minimum atomic E-state index is -0.311. The number of terminal acetylenes is 1. The molecule has 0 radical (unpaired) electrons. The summed E-state index contributed by atoms with van der Waals surface area (Å²) >= 11 is 3.55. The number of hydrogen-bond donors (Lipinski definition) is 1. The van der Waals surface area contributed by atoms with Crippen LogP contribution in [0.5, 0.6) is 0 Å². The molecule has 6 heteroatoms. The number of rotatable bonds is 6. The van der Waals surface area contributed by atoms with Crippen molar-refractivity contribution in [3.8, 4) is 24.1 Å². The van der Waals surface area contributed by atoms with Crippen LogP contribution >= 0.6 is 15.9 Å². The predicted octanol–water partition coefficient (Wildman–Crippen LogP) is 5.74. The molecule has 1 aliphatic rings. The van der Waals surface area contributed by atoms with Crippen LogP contribution in [0.4, 0.5) is 4.79 Å². The van der Waals surface area contributed by atoms with Gasteiger partial charge in [-0.1, -0.05) is 59.3 Å². The van der Waals surface area contributed by atoms with E-state index in [1.165, 1.54) is 11.1 Å². The van der Waals surface area contributed by atoms with Crippen LogP contribution in [0, 0.1) is 12.8 Å². The lowest BCUT2D eigenvalue weighted by atomic mass is 9.92. The van der Waals surface area contributed by atoms with Gasteiger partial charge in [-0.05, 0) is 42.5 Å². The van der Waals surface area contributed by atoms with Crippen molar-refractivity contribution in [3.63, 3.8) is 0 Å². The molecule has 31 heavy (non-hydrogen) atoms. The Balaban J connectivity index is 0.00000132. The lowest BCUT2D eigenvalue weighted by Gasteiger charge is -2.20. The molecule has 0 unspecified atom stereocenters. The fourth-order valence-electron chi connectivity index (χ4n) is 3.70. The zero-order valence-corrected chi connectivity index (χ0v) is 19.2. The SMILES string of the molecule is C#C.CCCN(Cc1nc2c([nH]1)CCc1cc(Br)ccc1-2)C(=O)OCc1ccccc1. The molecule has 0 bridgehead atoms. The zero-order chi connectivity index (χ0) is 22.2. The van der Waals surface area contributed by atoms with Gasteiger partial charge in [-0.25, -0.2) is 9.78 Å². The van der Waals surface area contributed by atoms with E-state index in [1.54, 1.807) is 4.90 Å². The van der Waals surface area contributed by atoms with E-state index in [-0.39, 0.29) is 12.7 Å². The summed E-state index contributed by atoms with van der Waals surface area (Å²) in [5.74, 6) is 0.802. The highest BCUT2D eigenvalue weighted by molar-refractivity contribution is 9.10. The third-order valence-electron chi connectivity index (χ3n) is 5.09. The number of aryl methyl sites for hydroxylation is 2. The number of aromatic nitrogens is 2. The number of fused-ring (bicyclic) bond motifs is 3. The number of ether oxygens (including phenoxy) is 1. The van der Waals surface area contributed by atoms with Crippen molar-refractivity contribution in [2.45, 2.75) is 39.3 Å². The van der Waals surface area contributed by atoms with Gasteiger partial charge in [0.15, 0.2) is 0 Å². The number of H-pyrrole nitrogens is 1. The first-order valence-electron chi connectivity index (χ1n) is 10.3. The van der Waals surface area contributed by atoms with Crippen molar-refractivity contribution in [1.29, 1.82) is 0 Å². The molecule has 0 aliphatic heterocycles. The van der Waals surface area contributed by atoms with Crippen LogP contribution in [0.15, 0.2) is 53.0 Å². The molecule has 0 saturated carbocycles. The Morgan fingerprint density at radius 2 is 1.97 bits per heavy atom. The number of aromatic amines is 1. The molecule has 0 spiro atoms. The molecular formula is C25H26BrN3O2.